The number of fused-ring (bicyclic) bond motifs is 1. The SMILES string of the molecule is COc1cc(OC)nc(NC(=O)NS(=O)(=O)c2c(Cl)nc3ccc(C)nn23)n1. The van der Waals surface area contributed by atoms with Crippen molar-refractivity contribution in [1.82, 2.24) is 29.3 Å². The molecule has 14 heteroatoms. The first-order chi connectivity index (χ1) is 13.2. The van der Waals surface area contributed by atoms with Gasteiger partial charge in [0, 0.05) is 0 Å². The van der Waals surface area contributed by atoms with Gasteiger partial charge >= 0.3 is 6.03 Å². The first-order valence-electron chi connectivity index (χ1n) is 7.56. The molecule has 3 heterocycles. The van der Waals surface area contributed by atoms with Gasteiger partial charge < -0.3 is 9.47 Å². The first kappa shape index (κ1) is 19.6. The van der Waals surface area contributed by atoms with Crippen LogP contribution in [-0.4, -0.2) is 53.2 Å². The van der Waals surface area contributed by atoms with Crippen molar-refractivity contribution in [2.45, 2.75) is 11.9 Å². The lowest BCUT2D eigenvalue weighted by molar-refractivity contribution is 0.256. The number of ether oxygens (including phenoxy) is 2. The maximum absolute atomic E-state index is 12.6. The molecular weight excluding hydrogens is 414 g/mol. The predicted octanol–water partition coefficient (Wildman–Crippen LogP) is 1.01. The van der Waals surface area contributed by atoms with Crippen LogP contribution in [0.3, 0.4) is 0 Å². The molecule has 28 heavy (non-hydrogen) atoms. The van der Waals surface area contributed by atoms with Gasteiger partial charge in [-0.3, -0.25) is 5.32 Å². The van der Waals surface area contributed by atoms with E-state index in [4.69, 9.17) is 21.1 Å². The Balaban J connectivity index is 1.88. The molecule has 0 spiro atoms. The average molecular weight is 428 g/mol. The van der Waals surface area contributed by atoms with Crippen LogP contribution in [0.2, 0.25) is 5.15 Å². The first-order valence-corrected chi connectivity index (χ1v) is 9.42. The van der Waals surface area contributed by atoms with E-state index in [2.05, 4.69) is 25.4 Å². The highest BCUT2D eigenvalue weighted by Crippen LogP contribution is 2.22. The van der Waals surface area contributed by atoms with Gasteiger partial charge in [0.05, 0.1) is 26.0 Å². The number of hydrogen-bond acceptors (Lipinski definition) is 9. The van der Waals surface area contributed by atoms with E-state index in [1.54, 1.807) is 19.1 Å². The smallest absolute Gasteiger partial charge is 0.335 e. The van der Waals surface area contributed by atoms with Gasteiger partial charge in [0.15, 0.2) is 10.8 Å². The number of carbonyl (C=O) groups excluding carboxylic acids is 1. The number of amides is 2. The predicted molar refractivity (Wildman–Crippen MR) is 97.2 cm³/mol. The summed E-state index contributed by atoms with van der Waals surface area (Å²) in [7, 11) is -1.70. The summed E-state index contributed by atoms with van der Waals surface area (Å²) in [4.78, 5) is 23.8. The fraction of sp³-hybridized carbons (Fsp3) is 0.214. The third-order valence-electron chi connectivity index (χ3n) is 3.33. The topological polar surface area (TPSA) is 150 Å². The lowest BCUT2D eigenvalue weighted by atomic mass is 10.4. The maximum atomic E-state index is 12.6. The van der Waals surface area contributed by atoms with Crippen molar-refractivity contribution in [3.05, 3.63) is 29.0 Å². The second kappa shape index (κ2) is 7.44. The molecule has 3 aromatic rings. The Bertz CT molecular complexity index is 1140. The highest BCUT2D eigenvalue weighted by atomic mass is 35.5. The third-order valence-corrected chi connectivity index (χ3v) is 5.04. The summed E-state index contributed by atoms with van der Waals surface area (Å²) in [5.74, 6) is -0.0221. The number of carbonyl (C=O) groups is 1. The van der Waals surface area contributed by atoms with Crippen molar-refractivity contribution in [3.63, 3.8) is 0 Å². The highest BCUT2D eigenvalue weighted by molar-refractivity contribution is 7.90. The molecule has 0 unspecified atom stereocenters. The number of sulfonamides is 1. The van der Waals surface area contributed by atoms with Crippen molar-refractivity contribution in [1.29, 1.82) is 0 Å². The van der Waals surface area contributed by atoms with Gasteiger partial charge in [-0.2, -0.15) is 28.0 Å². The van der Waals surface area contributed by atoms with E-state index in [1.165, 1.54) is 20.3 Å². The molecular formula is C14H14ClN7O5S. The number of rotatable bonds is 5. The number of nitrogens with zero attached hydrogens (tertiary/aromatic N) is 5. The molecule has 0 saturated carbocycles. The molecule has 12 nitrogen and oxygen atoms in total. The fourth-order valence-corrected chi connectivity index (χ4v) is 3.66. The van der Waals surface area contributed by atoms with Gasteiger partial charge in [0.2, 0.25) is 22.7 Å². The Labute approximate surface area is 163 Å². The molecule has 0 radical (unpaired) electrons. The number of imidazole rings is 1. The quantitative estimate of drug-likeness (QED) is 0.607. The zero-order valence-corrected chi connectivity index (χ0v) is 16.4. The van der Waals surface area contributed by atoms with Gasteiger partial charge in [-0.05, 0) is 19.1 Å². The lowest BCUT2D eigenvalue weighted by Crippen LogP contribution is -2.35. The number of nitrogens with one attached hydrogen (secondary N) is 2. The van der Waals surface area contributed by atoms with Crippen molar-refractivity contribution in [2.75, 3.05) is 19.5 Å². The maximum Gasteiger partial charge on any atom is 0.335 e. The highest BCUT2D eigenvalue weighted by Gasteiger charge is 2.28. The minimum atomic E-state index is -4.42. The molecule has 0 aromatic carbocycles. The van der Waals surface area contributed by atoms with Gasteiger partial charge in [-0.15, -0.1) is 0 Å². The van der Waals surface area contributed by atoms with Crippen LogP contribution in [0.5, 0.6) is 11.8 Å². The summed E-state index contributed by atoms with van der Waals surface area (Å²) >= 11 is 5.95. The summed E-state index contributed by atoms with van der Waals surface area (Å²) in [6.45, 7) is 1.66. The summed E-state index contributed by atoms with van der Waals surface area (Å²) in [6, 6.07) is 3.44. The second-order valence-electron chi connectivity index (χ2n) is 5.29. The van der Waals surface area contributed by atoms with Crippen molar-refractivity contribution < 1.29 is 22.7 Å². The van der Waals surface area contributed by atoms with Crippen LogP contribution in [0.4, 0.5) is 10.7 Å². The fourth-order valence-electron chi connectivity index (χ4n) is 2.17. The zero-order chi connectivity index (χ0) is 20.5. The van der Waals surface area contributed by atoms with Crippen LogP contribution in [0.15, 0.2) is 23.2 Å². The van der Waals surface area contributed by atoms with Crippen LogP contribution in [0.1, 0.15) is 5.69 Å². The molecule has 0 fully saturated rings. The molecule has 2 amide bonds. The molecule has 0 aliphatic heterocycles. The minimum absolute atomic E-state index is 0.106. The van der Waals surface area contributed by atoms with E-state index in [0.29, 0.717) is 5.69 Å². The molecule has 3 rings (SSSR count). The van der Waals surface area contributed by atoms with Crippen LogP contribution in [0, 0.1) is 6.92 Å². The van der Waals surface area contributed by atoms with Gasteiger partial charge in [0.25, 0.3) is 10.0 Å². The van der Waals surface area contributed by atoms with Crippen LogP contribution in [-0.2, 0) is 10.0 Å². The zero-order valence-electron chi connectivity index (χ0n) is 14.8. The van der Waals surface area contributed by atoms with E-state index in [-0.39, 0.29) is 28.5 Å². The lowest BCUT2D eigenvalue weighted by Gasteiger charge is -2.09. The molecule has 148 valence electrons. The molecule has 0 aliphatic rings. The number of hydrogen-bond donors (Lipinski definition) is 2. The Morgan fingerprint density at radius 3 is 2.39 bits per heavy atom. The summed E-state index contributed by atoms with van der Waals surface area (Å²) in [6.07, 6.45) is 0. The standard InChI is InChI=1S/C14H14ClN7O5S/c1-7-4-5-8-16-11(15)12(22(8)20-7)28(24,25)21-14(23)19-13-17-9(26-2)6-10(18-13)27-3/h4-6H,1-3H3,(H2,17,18,19,21,23). The van der Waals surface area contributed by atoms with Crippen molar-refractivity contribution in [2.24, 2.45) is 0 Å². The number of halogens is 1. The number of methoxy groups -OCH3 is 2. The third kappa shape index (κ3) is 3.89. The summed E-state index contributed by atoms with van der Waals surface area (Å²) in [5.41, 5.74) is 0.733. The van der Waals surface area contributed by atoms with Crippen molar-refractivity contribution in [3.8, 4) is 11.8 Å². The largest absolute Gasteiger partial charge is 0.481 e. The number of urea groups is 1. The second-order valence-corrected chi connectivity index (χ2v) is 7.24. The van der Waals surface area contributed by atoms with Gasteiger partial charge in [-0.1, -0.05) is 11.6 Å². The van der Waals surface area contributed by atoms with Gasteiger partial charge in [0.1, 0.15) is 0 Å². The van der Waals surface area contributed by atoms with Crippen LogP contribution in [0.25, 0.3) is 5.65 Å². The molecule has 2 N–H and O–H groups in total. The molecule has 3 aromatic heterocycles. The summed E-state index contributed by atoms with van der Waals surface area (Å²) < 4.78 is 38.0. The normalized spacial score (nSPS) is 11.3. The van der Waals surface area contributed by atoms with E-state index in [0.717, 1.165) is 4.52 Å². The average Bonchev–Trinajstić information content (AvgIpc) is 2.96. The summed E-state index contributed by atoms with van der Waals surface area (Å²) in [5, 5.41) is 5.43. The Morgan fingerprint density at radius 2 is 1.79 bits per heavy atom. The van der Waals surface area contributed by atoms with E-state index in [9.17, 15) is 13.2 Å². The minimum Gasteiger partial charge on any atom is -0.481 e. The van der Waals surface area contributed by atoms with Crippen LogP contribution < -0.4 is 19.5 Å². The van der Waals surface area contributed by atoms with E-state index < -0.39 is 21.1 Å². The van der Waals surface area contributed by atoms with E-state index >= 15 is 0 Å². The Kier molecular flexibility index (Phi) is 5.20. The Morgan fingerprint density at radius 1 is 1.14 bits per heavy atom. The number of anilines is 1. The number of aromatic nitrogens is 5. The Hall–Kier alpha value is -3.19. The van der Waals surface area contributed by atoms with E-state index in [1.807, 2.05) is 4.72 Å². The van der Waals surface area contributed by atoms with Crippen LogP contribution >= 0.6 is 11.6 Å². The molecule has 0 saturated heterocycles. The molecule has 0 bridgehead atoms. The molecule has 0 aliphatic carbocycles. The monoisotopic (exact) mass is 427 g/mol. The number of aryl methyl sites for hydroxylation is 1. The molecule has 0 atom stereocenters. The van der Waals surface area contributed by atoms with Gasteiger partial charge in [-0.25, -0.2) is 14.5 Å². The van der Waals surface area contributed by atoms with Crippen molar-refractivity contribution >= 4 is 39.3 Å².